The quantitative estimate of drug-likeness (QED) is 0.524. The maximum Gasteiger partial charge on any atom is 0.341 e. The summed E-state index contributed by atoms with van der Waals surface area (Å²) in [5.41, 5.74) is 1.31. The van der Waals surface area contributed by atoms with Crippen molar-refractivity contribution in [1.82, 2.24) is 0 Å². The van der Waals surface area contributed by atoms with E-state index in [4.69, 9.17) is 18.9 Å². The van der Waals surface area contributed by atoms with E-state index in [9.17, 15) is 14.4 Å². The maximum atomic E-state index is 12.3. The molecular weight excluding hydrogens is 422 g/mol. The van der Waals surface area contributed by atoms with E-state index in [0.29, 0.717) is 28.0 Å². The minimum absolute atomic E-state index is 0.00177. The summed E-state index contributed by atoms with van der Waals surface area (Å²) in [6, 6.07) is 6.97. The van der Waals surface area contributed by atoms with Gasteiger partial charge in [0.05, 0.1) is 32.3 Å². The van der Waals surface area contributed by atoms with Gasteiger partial charge in [-0.3, -0.25) is 9.59 Å². The first kappa shape index (κ1) is 22.6. The van der Waals surface area contributed by atoms with Crippen molar-refractivity contribution in [2.75, 3.05) is 32.2 Å². The average molecular weight is 448 g/mol. The van der Waals surface area contributed by atoms with Crippen LogP contribution in [0.3, 0.4) is 0 Å². The van der Waals surface area contributed by atoms with Gasteiger partial charge >= 0.3 is 11.9 Å². The first-order chi connectivity index (χ1) is 15.0. The number of ether oxygens (including phenoxy) is 4. The number of benzene rings is 1. The monoisotopic (exact) mass is 447 g/mol. The molecule has 0 bridgehead atoms. The minimum Gasteiger partial charge on any atom is -0.497 e. The second-order valence-electron chi connectivity index (χ2n) is 6.87. The number of hydrogen-bond donors (Lipinski definition) is 1. The van der Waals surface area contributed by atoms with Gasteiger partial charge in [-0.25, -0.2) is 4.79 Å². The van der Waals surface area contributed by atoms with E-state index in [1.54, 1.807) is 38.3 Å². The largest absolute Gasteiger partial charge is 0.497 e. The molecule has 1 saturated carbocycles. The third kappa shape index (κ3) is 6.45. The van der Waals surface area contributed by atoms with Crippen molar-refractivity contribution in [2.45, 2.75) is 32.1 Å². The van der Waals surface area contributed by atoms with E-state index >= 15 is 0 Å². The number of amides is 1. The molecule has 166 valence electrons. The number of carbonyl (C=O) groups excluding carboxylic acids is 3. The summed E-state index contributed by atoms with van der Waals surface area (Å²) in [5, 5.41) is 4.96. The second kappa shape index (κ2) is 10.8. The van der Waals surface area contributed by atoms with Crippen molar-refractivity contribution in [3.05, 3.63) is 40.8 Å². The summed E-state index contributed by atoms with van der Waals surface area (Å²) in [5.74, 6) is 0.123. The van der Waals surface area contributed by atoms with Gasteiger partial charge in [-0.15, -0.1) is 11.3 Å². The lowest BCUT2D eigenvalue weighted by molar-refractivity contribution is -0.147. The molecule has 1 heterocycles. The topological polar surface area (TPSA) is 100 Å². The molecule has 1 aliphatic rings. The van der Waals surface area contributed by atoms with Gasteiger partial charge in [0, 0.05) is 0 Å². The Bertz CT molecular complexity index is 918. The molecule has 8 nitrogen and oxygen atoms in total. The SMILES string of the molecule is CCOC(=O)c1c(C2CC2)csc1NC(=O)COC(=O)CCOc1ccc(OC)cc1. The lowest BCUT2D eigenvalue weighted by atomic mass is 10.1. The highest BCUT2D eigenvalue weighted by molar-refractivity contribution is 7.15. The van der Waals surface area contributed by atoms with E-state index in [0.717, 1.165) is 18.4 Å². The van der Waals surface area contributed by atoms with Crippen LogP contribution in [0.15, 0.2) is 29.6 Å². The minimum atomic E-state index is -0.556. The van der Waals surface area contributed by atoms with Gasteiger partial charge in [-0.2, -0.15) is 0 Å². The summed E-state index contributed by atoms with van der Waals surface area (Å²) in [6.07, 6.45) is 2.04. The number of thiophene rings is 1. The fourth-order valence-corrected chi connectivity index (χ4v) is 3.92. The van der Waals surface area contributed by atoms with Crippen LogP contribution in [0.25, 0.3) is 0 Å². The highest BCUT2D eigenvalue weighted by Crippen LogP contribution is 2.46. The molecule has 1 aromatic heterocycles. The van der Waals surface area contributed by atoms with Crippen LogP contribution in [0.1, 0.15) is 48.0 Å². The lowest BCUT2D eigenvalue weighted by Crippen LogP contribution is -2.22. The van der Waals surface area contributed by atoms with Crippen molar-refractivity contribution < 1.29 is 33.3 Å². The van der Waals surface area contributed by atoms with Crippen LogP contribution in [0.4, 0.5) is 5.00 Å². The molecule has 3 rings (SSSR count). The van der Waals surface area contributed by atoms with Crippen LogP contribution < -0.4 is 14.8 Å². The molecule has 0 radical (unpaired) electrons. The molecule has 0 saturated heterocycles. The lowest BCUT2D eigenvalue weighted by Gasteiger charge is -2.09. The molecule has 1 fully saturated rings. The highest BCUT2D eigenvalue weighted by atomic mass is 32.1. The molecule has 0 unspecified atom stereocenters. The Morgan fingerprint density at radius 1 is 1.10 bits per heavy atom. The molecule has 31 heavy (non-hydrogen) atoms. The average Bonchev–Trinajstić information content (AvgIpc) is 3.53. The summed E-state index contributed by atoms with van der Waals surface area (Å²) in [4.78, 5) is 36.4. The van der Waals surface area contributed by atoms with Crippen molar-refractivity contribution in [3.63, 3.8) is 0 Å². The molecule has 1 aromatic carbocycles. The van der Waals surface area contributed by atoms with Gasteiger partial charge in [-0.1, -0.05) is 0 Å². The predicted octanol–water partition coefficient (Wildman–Crippen LogP) is 3.76. The van der Waals surface area contributed by atoms with Crippen molar-refractivity contribution in [3.8, 4) is 11.5 Å². The second-order valence-corrected chi connectivity index (χ2v) is 7.75. The predicted molar refractivity (Wildman–Crippen MR) is 115 cm³/mol. The summed E-state index contributed by atoms with van der Waals surface area (Å²) in [6.45, 7) is 1.66. The van der Waals surface area contributed by atoms with Crippen LogP contribution in [0.2, 0.25) is 0 Å². The van der Waals surface area contributed by atoms with E-state index in [2.05, 4.69) is 5.32 Å². The number of esters is 2. The maximum absolute atomic E-state index is 12.3. The Morgan fingerprint density at radius 2 is 1.81 bits per heavy atom. The zero-order valence-corrected chi connectivity index (χ0v) is 18.3. The van der Waals surface area contributed by atoms with Gasteiger partial charge in [0.2, 0.25) is 0 Å². The standard InChI is InChI=1S/C22H25NO7S/c1-3-28-22(26)20-17(14-4-5-14)13-31-21(20)23-18(24)12-30-19(25)10-11-29-16-8-6-15(27-2)7-9-16/h6-9,13-14H,3-5,10-12H2,1-2H3,(H,23,24). The Morgan fingerprint density at radius 3 is 2.45 bits per heavy atom. The van der Waals surface area contributed by atoms with Gasteiger partial charge in [0.15, 0.2) is 6.61 Å². The van der Waals surface area contributed by atoms with Crippen LogP contribution in [-0.4, -0.2) is 44.8 Å². The van der Waals surface area contributed by atoms with E-state index in [1.807, 2.05) is 5.38 Å². The van der Waals surface area contributed by atoms with Crippen molar-refractivity contribution in [2.24, 2.45) is 0 Å². The molecule has 9 heteroatoms. The third-order valence-electron chi connectivity index (χ3n) is 4.57. The molecular formula is C22H25NO7S. The molecule has 1 aliphatic carbocycles. The molecule has 1 N–H and O–H groups in total. The molecule has 0 aliphatic heterocycles. The highest BCUT2D eigenvalue weighted by Gasteiger charge is 2.32. The first-order valence-electron chi connectivity index (χ1n) is 10.0. The van der Waals surface area contributed by atoms with E-state index in [1.165, 1.54) is 11.3 Å². The summed E-state index contributed by atoms with van der Waals surface area (Å²) < 4.78 is 20.7. The Hall–Kier alpha value is -3.07. The zero-order chi connectivity index (χ0) is 22.2. The summed E-state index contributed by atoms with van der Waals surface area (Å²) >= 11 is 1.27. The number of rotatable bonds is 11. The van der Waals surface area contributed by atoms with Crippen molar-refractivity contribution >= 4 is 34.2 Å². The fourth-order valence-electron chi connectivity index (χ4n) is 2.88. The van der Waals surface area contributed by atoms with Crippen LogP contribution >= 0.6 is 11.3 Å². The first-order valence-corrected chi connectivity index (χ1v) is 10.9. The number of anilines is 1. The number of methoxy groups -OCH3 is 1. The molecule has 0 spiro atoms. The Kier molecular flexibility index (Phi) is 7.88. The smallest absolute Gasteiger partial charge is 0.341 e. The van der Waals surface area contributed by atoms with Gasteiger partial charge in [-0.05, 0) is 60.9 Å². The third-order valence-corrected chi connectivity index (χ3v) is 5.48. The molecule has 0 atom stereocenters. The number of carbonyl (C=O) groups is 3. The number of hydrogen-bond acceptors (Lipinski definition) is 8. The van der Waals surface area contributed by atoms with Crippen LogP contribution in [0, 0.1) is 0 Å². The fraction of sp³-hybridized carbons (Fsp3) is 0.409. The van der Waals surface area contributed by atoms with Gasteiger partial charge in [0.1, 0.15) is 16.5 Å². The number of nitrogens with one attached hydrogen (secondary N) is 1. The van der Waals surface area contributed by atoms with E-state index in [-0.39, 0.29) is 19.6 Å². The van der Waals surface area contributed by atoms with Gasteiger partial charge < -0.3 is 24.3 Å². The summed E-state index contributed by atoms with van der Waals surface area (Å²) in [7, 11) is 1.57. The van der Waals surface area contributed by atoms with Gasteiger partial charge in [0.25, 0.3) is 5.91 Å². The Balaban J connectivity index is 1.44. The zero-order valence-electron chi connectivity index (χ0n) is 17.5. The normalized spacial score (nSPS) is 12.7. The molecule has 2 aromatic rings. The Labute approximate surface area is 184 Å². The van der Waals surface area contributed by atoms with Crippen molar-refractivity contribution in [1.29, 1.82) is 0 Å². The molecule has 1 amide bonds. The van der Waals surface area contributed by atoms with Crippen LogP contribution in [0.5, 0.6) is 11.5 Å². The van der Waals surface area contributed by atoms with E-state index < -0.39 is 24.5 Å². The van der Waals surface area contributed by atoms with Crippen LogP contribution in [-0.2, 0) is 19.1 Å².